The van der Waals surface area contributed by atoms with E-state index in [2.05, 4.69) is 17.5 Å². The maximum absolute atomic E-state index is 9.52. The maximum Gasteiger partial charge on any atom is 0.119 e. The van der Waals surface area contributed by atoms with Crippen molar-refractivity contribution in [3.63, 3.8) is 0 Å². The standard InChI is InChI=1S/C7H13NOS/c9-7-6(10)5-1-3-8(7)4-2-5/h5-7,9-10H,1-4H2. The van der Waals surface area contributed by atoms with Crippen LogP contribution in [0.1, 0.15) is 12.8 Å². The van der Waals surface area contributed by atoms with Crippen LogP contribution in [-0.2, 0) is 0 Å². The van der Waals surface area contributed by atoms with Gasteiger partial charge in [0.15, 0.2) is 0 Å². The molecule has 0 radical (unpaired) electrons. The number of aliphatic hydroxyl groups is 1. The van der Waals surface area contributed by atoms with Gasteiger partial charge in [-0.25, -0.2) is 0 Å². The molecule has 2 nitrogen and oxygen atoms in total. The molecule has 58 valence electrons. The van der Waals surface area contributed by atoms with E-state index in [9.17, 15) is 5.11 Å². The molecule has 3 heteroatoms. The van der Waals surface area contributed by atoms with Crippen molar-refractivity contribution >= 4 is 12.6 Å². The zero-order chi connectivity index (χ0) is 7.14. The van der Waals surface area contributed by atoms with Gasteiger partial charge in [0.05, 0.1) is 0 Å². The van der Waals surface area contributed by atoms with Gasteiger partial charge >= 0.3 is 0 Å². The zero-order valence-corrected chi connectivity index (χ0v) is 6.80. The summed E-state index contributed by atoms with van der Waals surface area (Å²) in [6, 6.07) is 0. The van der Waals surface area contributed by atoms with Crippen LogP contribution in [0.25, 0.3) is 0 Å². The lowest BCUT2D eigenvalue weighted by molar-refractivity contribution is -0.0698. The van der Waals surface area contributed by atoms with Gasteiger partial charge in [-0.05, 0) is 18.8 Å². The first kappa shape index (κ1) is 6.95. The molecule has 0 saturated carbocycles. The minimum atomic E-state index is -0.268. The number of hydrogen-bond acceptors (Lipinski definition) is 3. The Balaban J connectivity index is 2.13. The Bertz CT molecular complexity index is 114. The van der Waals surface area contributed by atoms with Gasteiger partial charge in [0.1, 0.15) is 6.23 Å². The Morgan fingerprint density at radius 1 is 1.30 bits per heavy atom. The van der Waals surface area contributed by atoms with Gasteiger partial charge in [0.2, 0.25) is 0 Å². The highest BCUT2D eigenvalue weighted by atomic mass is 32.1. The molecule has 2 atom stereocenters. The molecule has 10 heavy (non-hydrogen) atoms. The van der Waals surface area contributed by atoms with E-state index >= 15 is 0 Å². The molecule has 2 bridgehead atoms. The van der Waals surface area contributed by atoms with Crippen LogP contribution >= 0.6 is 12.6 Å². The number of thiol groups is 1. The largest absolute Gasteiger partial charge is 0.377 e. The zero-order valence-electron chi connectivity index (χ0n) is 5.90. The molecule has 3 aliphatic heterocycles. The Labute approximate surface area is 66.6 Å². The van der Waals surface area contributed by atoms with E-state index in [1.807, 2.05) is 0 Å². The molecule has 0 amide bonds. The first-order valence-corrected chi connectivity index (χ1v) is 4.41. The third kappa shape index (κ3) is 0.881. The maximum atomic E-state index is 9.52. The van der Waals surface area contributed by atoms with Crippen LogP contribution in [0, 0.1) is 5.92 Å². The molecule has 3 aliphatic rings. The fraction of sp³-hybridized carbons (Fsp3) is 1.00. The van der Waals surface area contributed by atoms with Gasteiger partial charge < -0.3 is 5.11 Å². The van der Waals surface area contributed by atoms with Crippen LogP contribution in [0.4, 0.5) is 0 Å². The van der Waals surface area contributed by atoms with Crippen molar-refractivity contribution in [2.24, 2.45) is 5.92 Å². The summed E-state index contributed by atoms with van der Waals surface area (Å²) >= 11 is 4.37. The minimum absolute atomic E-state index is 0.211. The molecule has 3 heterocycles. The number of fused-ring (bicyclic) bond motifs is 3. The lowest BCUT2D eigenvalue weighted by Crippen LogP contribution is -2.55. The molecular formula is C7H13NOS. The SMILES string of the molecule is OC1C(S)C2CCN1CC2. The predicted octanol–water partition coefficient (Wildman–Crippen LogP) is 0.329. The Hall–Kier alpha value is 0.270. The van der Waals surface area contributed by atoms with Crippen molar-refractivity contribution in [3.8, 4) is 0 Å². The second kappa shape index (κ2) is 2.40. The Kier molecular flexibility index (Phi) is 1.66. The second-order valence-electron chi connectivity index (χ2n) is 3.28. The summed E-state index contributed by atoms with van der Waals surface area (Å²) in [5.74, 6) is 0.670. The van der Waals surface area contributed by atoms with E-state index in [0.717, 1.165) is 13.1 Å². The molecule has 0 aromatic rings. The van der Waals surface area contributed by atoms with Crippen molar-refractivity contribution in [2.45, 2.75) is 24.3 Å². The molecule has 3 fully saturated rings. The molecule has 0 spiro atoms. The van der Waals surface area contributed by atoms with E-state index in [0.29, 0.717) is 5.92 Å². The Morgan fingerprint density at radius 3 is 2.20 bits per heavy atom. The topological polar surface area (TPSA) is 23.5 Å². The van der Waals surface area contributed by atoms with E-state index in [4.69, 9.17) is 0 Å². The normalized spacial score (nSPS) is 53.4. The lowest BCUT2D eigenvalue weighted by atomic mass is 9.87. The number of hydrogen-bond donors (Lipinski definition) is 2. The van der Waals surface area contributed by atoms with Crippen molar-refractivity contribution < 1.29 is 5.11 Å². The molecule has 1 N–H and O–H groups in total. The minimum Gasteiger partial charge on any atom is -0.377 e. The number of nitrogens with zero attached hydrogens (tertiary/aromatic N) is 1. The summed E-state index contributed by atoms with van der Waals surface area (Å²) in [7, 11) is 0. The highest BCUT2D eigenvalue weighted by Crippen LogP contribution is 2.33. The van der Waals surface area contributed by atoms with Crippen molar-refractivity contribution in [3.05, 3.63) is 0 Å². The van der Waals surface area contributed by atoms with Crippen molar-refractivity contribution in [1.29, 1.82) is 0 Å². The average Bonchev–Trinajstić information content (AvgIpc) is 2.00. The van der Waals surface area contributed by atoms with Crippen molar-refractivity contribution in [1.82, 2.24) is 4.90 Å². The van der Waals surface area contributed by atoms with Crippen LogP contribution in [0.3, 0.4) is 0 Å². The fourth-order valence-electron chi connectivity index (χ4n) is 1.98. The van der Waals surface area contributed by atoms with Crippen molar-refractivity contribution in [2.75, 3.05) is 13.1 Å². The van der Waals surface area contributed by atoms with Gasteiger partial charge in [-0.15, -0.1) is 0 Å². The highest BCUT2D eigenvalue weighted by Gasteiger charge is 2.38. The smallest absolute Gasteiger partial charge is 0.119 e. The predicted molar refractivity (Wildman–Crippen MR) is 43.1 cm³/mol. The van der Waals surface area contributed by atoms with Gasteiger partial charge in [-0.1, -0.05) is 0 Å². The van der Waals surface area contributed by atoms with E-state index < -0.39 is 0 Å². The van der Waals surface area contributed by atoms with Crippen LogP contribution in [0.15, 0.2) is 0 Å². The summed E-state index contributed by atoms with van der Waals surface area (Å²) in [6.07, 6.45) is 2.19. The third-order valence-electron chi connectivity index (χ3n) is 2.74. The first-order chi connectivity index (χ1) is 4.79. The summed E-state index contributed by atoms with van der Waals surface area (Å²) in [5, 5.41) is 9.73. The summed E-state index contributed by atoms with van der Waals surface area (Å²) in [4.78, 5) is 2.12. The number of rotatable bonds is 0. The number of piperidine rings is 3. The van der Waals surface area contributed by atoms with E-state index in [1.54, 1.807) is 0 Å². The van der Waals surface area contributed by atoms with Crippen LogP contribution in [0.5, 0.6) is 0 Å². The molecule has 0 aliphatic carbocycles. The van der Waals surface area contributed by atoms with Gasteiger partial charge in [0, 0.05) is 18.3 Å². The molecule has 0 aromatic heterocycles. The van der Waals surface area contributed by atoms with Crippen LogP contribution in [-0.4, -0.2) is 34.6 Å². The first-order valence-electron chi connectivity index (χ1n) is 3.89. The summed E-state index contributed by atoms with van der Waals surface area (Å²) in [5.41, 5.74) is 0. The van der Waals surface area contributed by atoms with Gasteiger partial charge in [-0.2, -0.15) is 12.6 Å². The highest BCUT2D eigenvalue weighted by molar-refractivity contribution is 7.81. The Morgan fingerprint density at radius 2 is 1.90 bits per heavy atom. The van der Waals surface area contributed by atoms with Crippen LogP contribution < -0.4 is 0 Å². The molecule has 3 saturated heterocycles. The van der Waals surface area contributed by atoms with Gasteiger partial charge in [-0.3, -0.25) is 4.90 Å². The quantitative estimate of drug-likeness (QED) is 0.498. The monoisotopic (exact) mass is 159 g/mol. The average molecular weight is 159 g/mol. The lowest BCUT2D eigenvalue weighted by Gasteiger charge is -2.46. The second-order valence-corrected chi connectivity index (χ2v) is 3.87. The molecule has 0 aromatic carbocycles. The van der Waals surface area contributed by atoms with E-state index in [-0.39, 0.29) is 11.5 Å². The molecule has 2 unspecified atom stereocenters. The fourth-order valence-corrected chi connectivity index (χ4v) is 2.47. The summed E-state index contributed by atoms with van der Waals surface area (Å²) < 4.78 is 0. The number of aliphatic hydroxyl groups excluding tert-OH is 1. The molecule has 3 rings (SSSR count). The van der Waals surface area contributed by atoms with Gasteiger partial charge in [0.25, 0.3) is 0 Å². The third-order valence-corrected chi connectivity index (χ3v) is 3.43. The summed E-state index contributed by atoms with van der Waals surface area (Å²) in [6.45, 7) is 2.14. The van der Waals surface area contributed by atoms with E-state index in [1.165, 1.54) is 12.8 Å². The molecular weight excluding hydrogens is 146 g/mol. The van der Waals surface area contributed by atoms with Crippen LogP contribution in [0.2, 0.25) is 0 Å².